The van der Waals surface area contributed by atoms with Crippen LogP contribution in [0.3, 0.4) is 0 Å². The average molecular weight is 605 g/mol. The quantitative estimate of drug-likeness (QED) is 0.189. The predicted octanol–water partition coefficient (Wildman–Crippen LogP) is 10.6. The Labute approximate surface area is 267 Å². The molecule has 2 aromatic heterocycles. The summed E-state index contributed by atoms with van der Waals surface area (Å²) >= 11 is 1.75. The lowest BCUT2D eigenvalue weighted by Gasteiger charge is -2.18. The van der Waals surface area contributed by atoms with E-state index in [9.17, 15) is 0 Å². The first-order chi connectivity index (χ1) is 22.0. The van der Waals surface area contributed by atoms with Gasteiger partial charge in [0.05, 0.1) is 28.1 Å². The summed E-state index contributed by atoms with van der Waals surface area (Å²) in [5, 5.41) is 6.11. The van der Waals surface area contributed by atoms with Crippen molar-refractivity contribution in [2.24, 2.45) is 0 Å². The first-order valence-corrected chi connectivity index (χ1v) is 16.0. The van der Waals surface area contributed by atoms with Crippen LogP contribution < -0.4 is 10.1 Å². The van der Waals surface area contributed by atoms with Crippen LogP contribution in [0.5, 0.6) is 0 Å². The molecule has 0 radical (unpaired) electrons. The molecule has 0 N–H and O–H groups in total. The molecule has 0 saturated carbocycles. The Balaban J connectivity index is 1.20. The summed E-state index contributed by atoms with van der Waals surface area (Å²) in [6, 6.07) is 45.1. The van der Waals surface area contributed by atoms with Gasteiger partial charge in [0.15, 0.2) is 0 Å². The molecule has 0 saturated heterocycles. The van der Waals surface area contributed by atoms with Crippen LogP contribution in [-0.4, -0.2) is 16.6 Å². The predicted molar refractivity (Wildman–Crippen MR) is 187 cm³/mol. The molecule has 0 atom stereocenters. The topological polar surface area (TPSA) is 33.5 Å². The molecule has 0 spiro atoms. The zero-order valence-electron chi connectivity index (χ0n) is 25.4. The number of rotatable bonds is 6. The number of para-hydroxylation sites is 3. The van der Waals surface area contributed by atoms with Gasteiger partial charge in [-0.25, -0.2) is 10.0 Å². The van der Waals surface area contributed by atoms with Gasteiger partial charge in [0, 0.05) is 33.8 Å². The molecule has 0 amide bonds. The zero-order valence-corrected chi connectivity index (χ0v) is 26.2. The number of benzene rings is 5. The van der Waals surface area contributed by atoms with E-state index in [1.165, 1.54) is 27.5 Å². The monoisotopic (exact) mass is 604 g/mol. The smallest absolute Gasteiger partial charge is 0.138 e. The molecule has 8 rings (SSSR count). The van der Waals surface area contributed by atoms with Crippen molar-refractivity contribution < 1.29 is 4.94 Å². The van der Waals surface area contributed by atoms with Gasteiger partial charge < -0.3 is 0 Å². The Bertz CT molecular complexity index is 2200. The zero-order chi connectivity index (χ0) is 30.5. The number of fused-ring (bicyclic) bond motifs is 4. The maximum atomic E-state index is 6.09. The van der Waals surface area contributed by atoms with Crippen molar-refractivity contribution in [3.05, 3.63) is 139 Å². The number of nitrogens with zero attached hydrogens (tertiary/aromatic N) is 4. The second-order valence-corrected chi connectivity index (χ2v) is 12.8. The highest BCUT2D eigenvalue weighted by Crippen LogP contribution is 2.42. The standard InChI is InChI=1S/C39H32N4OS/c1-26(2)31-13-4-5-14-32(31)27-21-22-40-39(23-27)42-35-16-7-6-15-33(35)34-20-19-30(25-38(34)42)45-29-12-10-11-28(24-29)43-37-18-9-8-17-36(37)41(3)44-43/h4-26H,1-3H3. The molecule has 3 heterocycles. The van der Waals surface area contributed by atoms with Crippen molar-refractivity contribution in [3.8, 4) is 16.9 Å². The fraction of sp³-hybridized carbons (Fsp3) is 0.103. The minimum atomic E-state index is 0.428. The van der Waals surface area contributed by atoms with Gasteiger partial charge in [0.2, 0.25) is 0 Å². The van der Waals surface area contributed by atoms with Crippen LogP contribution in [0.2, 0.25) is 0 Å². The third-order valence-electron chi connectivity index (χ3n) is 8.45. The lowest BCUT2D eigenvalue weighted by molar-refractivity contribution is 0.142. The normalized spacial score (nSPS) is 12.9. The van der Waals surface area contributed by atoms with Crippen LogP contribution in [0.1, 0.15) is 25.3 Å². The van der Waals surface area contributed by atoms with Gasteiger partial charge in [0.25, 0.3) is 0 Å². The van der Waals surface area contributed by atoms with E-state index in [0.717, 1.165) is 43.7 Å². The van der Waals surface area contributed by atoms with Crippen molar-refractivity contribution in [1.82, 2.24) is 9.55 Å². The third-order valence-corrected chi connectivity index (χ3v) is 9.42. The van der Waals surface area contributed by atoms with Crippen LogP contribution in [0, 0.1) is 0 Å². The molecule has 6 heteroatoms. The Morgan fingerprint density at radius 2 is 1.42 bits per heavy atom. The Kier molecular flexibility index (Phi) is 6.81. The number of hydrogen-bond donors (Lipinski definition) is 0. The molecule has 5 aromatic carbocycles. The van der Waals surface area contributed by atoms with E-state index < -0.39 is 0 Å². The third kappa shape index (κ3) is 4.83. The van der Waals surface area contributed by atoms with E-state index in [1.807, 2.05) is 30.4 Å². The van der Waals surface area contributed by atoms with E-state index in [4.69, 9.17) is 9.92 Å². The van der Waals surface area contributed by atoms with Crippen molar-refractivity contribution in [1.29, 1.82) is 0 Å². The van der Waals surface area contributed by atoms with Gasteiger partial charge in [0.1, 0.15) is 5.82 Å². The average Bonchev–Trinajstić information content (AvgIpc) is 3.59. The maximum Gasteiger partial charge on any atom is 0.138 e. The summed E-state index contributed by atoms with van der Waals surface area (Å²) in [7, 11) is 1.93. The van der Waals surface area contributed by atoms with Gasteiger partial charge >= 0.3 is 0 Å². The fourth-order valence-electron chi connectivity index (χ4n) is 6.34. The minimum Gasteiger partial charge on any atom is -0.294 e. The first-order valence-electron chi connectivity index (χ1n) is 15.2. The minimum absolute atomic E-state index is 0.428. The molecule has 7 aromatic rings. The van der Waals surface area contributed by atoms with E-state index in [0.29, 0.717) is 5.92 Å². The van der Waals surface area contributed by atoms with Crippen molar-refractivity contribution in [3.63, 3.8) is 0 Å². The number of aromatic nitrogens is 2. The second kappa shape index (κ2) is 11.1. The highest BCUT2D eigenvalue weighted by Gasteiger charge is 2.26. The molecular weight excluding hydrogens is 573 g/mol. The van der Waals surface area contributed by atoms with Crippen molar-refractivity contribution in [2.75, 3.05) is 17.2 Å². The Morgan fingerprint density at radius 1 is 0.667 bits per heavy atom. The SMILES string of the molecule is CC(C)c1ccccc1-c1ccnc(-n2c3ccccc3c3ccc(Sc4cccc(N5ON(C)c6ccccc65)c4)cc32)c1. The number of pyridine rings is 1. The summed E-state index contributed by atoms with van der Waals surface area (Å²) < 4.78 is 2.30. The highest BCUT2D eigenvalue weighted by atomic mass is 32.2. The summed E-state index contributed by atoms with van der Waals surface area (Å²) in [5.41, 5.74) is 9.10. The Hall–Kier alpha value is -5.04. The van der Waals surface area contributed by atoms with E-state index in [2.05, 4.69) is 134 Å². The molecule has 0 fully saturated rings. The molecule has 1 aliphatic rings. The van der Waals surface area contributed by atoms with Gasteiger partial charge in [-0.15, -0.1) is 4.94 Å². The summed E-state index contributed by atoms with van der Waals surface area (Å²) in [6.45, 7) is 4.50. The van der Waals surface area contributed by atoms with Crippen LogP contribution >= 0.6 is 11.8 Å². The highest BCUT2D eigenvalue weighted by molar-refractivity contribution is 7.99. The lowest BCUT2D eigenvalue weighted by Crippen LogP contribution is -2.20. The molecule has 45 heavy (non-hydrogen) atoms. The largest absolute Gasteiger partial charge is 0.294 e. The maximum absolute atomic E-state index is 6.09. The van der Waals surface area contributed by atoms with Crippen LogP contribution in [0.15, 0.2) is 143 Å². The molecule has 0 aliphatic carbocycles. The van der Waals surface area contributed by atoms with Gasteiger partial charge in [-0.3, -0.25) is 4.57 Å². The molecule has 0 unspecified atom stereocenters. The molecule has 5 nitrogen and oxygen atoms in total. The van der Waals surface area contributed by atoms with E-state index in [-0.39, 0.29) is 0 Å². The molecular formula is C39H32N4OS. The molecule has 0 bridgehead atoms. The summed E-state index contributed by atoms with van der Waals surface area (Å²) in [5.74, 6) is 1.34. The van der Waals surface area contributed by atoms with Gasteiger partial charge in [-0.05, 0) is 83.3 Å². The number of hydroxylamine groups is 1. The summed E-state index contributed by atoms with van der Waals surface area (Å²) in [6.07, 6.45) is 1.93. The van der Waals surface area contributed by atoms with Crippen molar-refractivity contribution >= 4 is 50.6 Å². The molecule has 1 aliphatic heterocycles. The second-order valence-electron chi connectivity index (χ2n) is 11.6. The Morgan fingerprint density at radius 3 is 2.31 bits per heavy atom. The van der Waals surface area contributed by atoms with E-state index in [1.54, 1.807) is 16.8 Å². The van der Waals surface area contributed by atoms with Crippen LogP contribution in [0.4, 0.5) is 17.1 Å². The van der Waals surface area contributed by atoms with Crippen LogP contribution in [0.25, 0.3) is 38.8 Å². The fourth-order valence-corrected chi connectivity index (χ4v) is 7.25. The molecule has 220 valence electrons. The van der Waals surface area contributed by atoms with Gasteiger partial charge in [-0.2, -0.15) is 5.06 Å². The van der Waals surface area contributed by atoms with Crippen LogP contribution in [-0.2, 0) is 4.94 Å². The lowest BCUT2D eigenvalue weighted by atomic mass is 9.93. The van der Waals surface area contributed by atoms with E-state index >= 15 is 0 Å². The van der Waals surface area contributed by atoms with Gasteiger partial charge in [-0.1, -0.05) is 92.3 Å². The van der Waals surface area contributed by atoms with Crippen molar-refractivity contribution in [2.45, 2.75) is 29.6 Å². The number of hydrogen-bond acceptors (Lipinski definition) is 5. The number of anilines is 3. The summed E-state index contributed by atoms with van der Waals surface area (Å²) in [4.78, 5) is 13.3. The first kappa shape index (κ1) is 27.5.